The van der Waals surface area contributed by atoms with Crippen LogP contribution in [0.15, 0.2) is 12.5 Å². The molecular formula is C10H17N3S. The van der Waals surface area contributed by atoms with Gasteiger partial charge in [0.1, 0.15) is 0 Å². The summed E-state index contributed by atoms with van der Waals surface area (Å²) in [6, 6.07) is 0.709. The summed E-state index contributed by atoms with van der Waals surface area (Å²) in [5, 5.41) is 3.58. The summed E-state index contributed by atoms with van der Waals surface area (Å²) in [4.78, 5) is 4.16. The number of nitrogens with one attached hydrogen (secondary N) is 1. The van der Waals surface area contributed by atoms with Gasteiger partial charge < -0.3 is 9.88 Å². The molecule has 0 spiro atoms. The highest BCUT2D eigenvalue weighted by Crippen LogP contribution is 2.17. The maximum atomic E-state index is 4.16. The van der Waals surface area contributed by atoms with Crippen molar-refractivity contribution >= 4 is 11.8 Å². The number of hydrogen-bond acceptors (Lipinski definition) is 3. The Labute approximate surface area is 89.3 Å². The Morgan fingerprint density at radius 1 is 1.71 bits per heavy atom. The van der Waals surface area contributed by atoms with Crippen LogP contribution >= 0.6 is 11.8 Å². The van der Waals surface area contributed by atoms with E-state index in [1.54, 1.807) is 0 Å². The minimum absolute atomic E-state index is 0.709. The molecule has 14 heavy (non-hydrogen) atoms. The number of hydrogen-bond donors (Lipinski definition) is 1. The summed E-state index contributed by atoms with van der Waals surface area (Å²) < 4.78 is 2.19. The van der Waals surface area contributed by atoms with Gasteiger partial charge in [0.05, 0.1) is 12.0 Å². The van der Waals surface area contributed by atoms with Crippen molar-refractivity contribution in [3.8, 4) is 0 Å². The lowest BCUT2D eigenvalue weighted by atomic mass is 10.2. The fourth-order valence-corrected chi connectivity index (χ4v) is 2.91. The quantitative estimate of drug-likeness (QED) is 0.818. The molecule has 1 fully saturated rings. The SMILES string of the molecule is CCn1cncc1CNC1CCSC1. The molecule has 2 heterocycles. The van der Waals surface area contributed by atoms with Gasteiger partial charge in [0, 0.05) is 31.1 Å². The van der Waals surface area contributed by atoms with Crippen LogP contribution in [0.2, 0.25) is 0 Å². The lowest BCUT2D eigenvalue weighted by Gasteiger charge is -2.11. The van der Waals surface area contributed by atoms with Crippen LogP contribution in [-0.4, -0.2) is 27.1 Å². The zero-order valence-corrected chi connectivity index (χ0v) is 9.39. The second-order valence-corrected chi connectivity index (χ2v) is 4.76. The van der Waals surface area contributed by atoms with E-state index in [9.17, 15) is 0 Å². The lowest BCUT2D eigenvalue weighted by molar-refractivity contribution is 0.537. The molecule has 1 unspecified atom stereocenters. The van der Waals surface area contributed by atoms with Gasteiger partial charge >= 0.3 is 0 Å². The zero-order chi connectivity index (χ0) is 9.80. The highest BCUT2D eigenvalue weighted by Gasteiger charge is 2.14. The average molecular weight is 211 g/mol. The molecule has 1 aromatic rings. The summed E-state index contributed by atoms with van der Waals surface area (Å²) in [7, 11) is 0. The second kappa shape index (κ2) is 4.84. The van der Waals surface area contributed by atoms with Crippen molar-refractivity contribution in [3.63, 3.8) is 0 Å². The molecule has 1 aliphatic rings. The van der Waals surface area contributed by atoms with Crippen LogP contribution in [0.25, 0.3) is 0 Å². The van der Waals surface area contributed by atoms with E-state index in [1.807, 2.05) is 24.3 Å². The number of aromatic nitrogens is 2. The number of thioether (sulfide) groups is 1. The molecule has 1 N–H and O–H groups in total. The zero-order valence-electron chi connectivity index (χ0n) is 8.57. The molecule has 0 radical (unpaired) electrons. The first-order valence-electron chi connectivity index (χ1n) is 5.20. The number of aryl methyl sites for hydroxylation is 1. The molecule has 3 nitrogen and oxygen atoms in total. The molecule has 1 aromatic heterocycles. The van der Waals surface area contributed by atoms with Crippen molar-refractivity contribution in [1.82, 2.24) is 14.9 Å². The van der Waals surface area contributed by atoms with Crippen LogP contribution in [0, 0.1) is 0 Å². The summed E-state index contributed by atoms with van der Waals surface area (Å²) in [6.45, 7) is 4.12. The van der Waals surface area contributed by atoms with Gasteiger partial charge in [0.2, 0.25) is 0 Å². The molecule has 0 aromatic carbocycles. The Balaban J connectivity index is 1.84. The molecule has 1 saturated heterocycles. The molecule has 0 amide bonds. The highest BCUT2D eigenvalue weighted by atomic mass is 32.2. The largest absolute Gasteiger partial charge is 0.334 e. The Morgan fingerprint density at radius 2 is 2.64 bits per heavy atom. The van der Waals surface area contributed by atoms with Crippen molar-refractivity contribution in [2.45, 2.75) is 32.5 Å². The van der Waals surface area contributed by atoms with E-state index in [0.717, 1.165) is 13.1 Å². The molecule has 1 atom stereocenters. The molecule has 0 saturated carbocycles. The van der Waals surface area contributed by atoms with Crippen molar-refractivity contribution in [2.24, 2.45) is 0 Å². The molecular weight excluding hydrogens is 194 g/mol. The van der Waals surface area contributed by atoms with Gasteiger partial charge in [-0.15, -0.1) is 0 Å². The van der Waals surface area contributed by atoms with Gasteiger partial charge in [-0.3, -0.25) is 0 Å². The normalized spacial score (nSPS) is 21.6. The topological polar surface area (TPSA) is 29.9 Å². The molecule has 1 aliphatic heterocycles. The van der Waals surface area contributed by atoms with E-state index in [-0.39, 0.29) is 0 Å². The van der Waals surface area contributed by atoms with Crippen LogP contribution in [0.1, 0.15) is 19.0 Å². The van der Waals surface area contributed by atoms with Gasteiger partial charge in [-0.05, 0) is 19.1 Å². The molecule has 0 aliphatic carbocycles. The highest BCUT2D eigenvalue weighted by molar-refractivity contribution is 7.99. The minimum Gasteiger partial charge on any atom is -0.334 e. The van der Waals surface area contributed by atoms with Crippen LogP contribution in [-0.2, 0) is 13.1 Å². The standard InChI is InChI=1S/C10H17N3S/c1-2-13-8-11-5-10(13)6-12-9-3-4-14-7-9/h5,8-9,12H,2-4,6-7H2,1H3. The lowest BCUT2D eigenvalue weighted by Crippen LogP contribution is -2.28. The molecule has 78 valence electrons. The maximum Gasteiger partial charge on any atom is 0.0948 e. The first kappa shape index (κ1) is 10.1. The maximum absolute atomic E-state index is 4.16. The predicted molar refractivity (Wildman–Crippen MR) is 60.5 cm³/mol. The van der Waals surface area contributed by atoms with Gasteiger partial charge in [0.25, 0.3) is 0 Å². The van der Waals surface area contributed by atoms with E-state index in [0.29, 0.717) is 6.04 Å². The summed E-state index contributed by atoms with van der Waals surface area (Å²) in [5.74, 6) is 2.57. The van der Waals surface area contributed by atoms with Crippen LogP contribution in [0.5, 0.6) is 0 Å². The Bertz CT molecular complexity index is 279. The monoisotopic (exact) mass is 211 g/mol. The van der Waals surface area contributed by atoms with Crippen LogP contribution < -0.4 is 5.32 Å². The molecule has 4 heteroatoms. The minimum atomic E-state index is 0.709. The van der Waals surface area contributed by atoms with Crippen LogP contribution in [0.3, 0.4) is 0 Å². The van der Waals surface area contributed by atoms with Crippen LogP contribution in [0.4, 0.5) is 0 Å². The van der Waals surface area contributed by atoms with Gasteiger partial charge in [0.15, 0.2) is 0 Å². The summed E-state index contributed by atoms with van der Waals surface area (Å²) in [6.07, 6.45) is 5.17. The Kier molecular flexibility index (Phi) is 3.48. The first-order valence-corrected chi connectivity index (χ1v) is 6.35. The number of rotatable bonds is 4. The van der Waals surface area contributed by atoms with Crippen molar-refractivity contribution in [2.75, 3.05) is 11.5 Å². The number of imidazole rings is 1. The second-order valence-electron chi connectivity index (χ2n) is 3.61. The molecule has 0 bridgehead atoms. The Hall–Kier alpha value is -0.480. The third-order valence-electron chi connectivity index (χ3n) is 2.64. The van der Waals surface area contributed by atoms with Crippen molar-refractivity contribution in [1.29, 1.82) is 0 Å². The predicted octanol–water partition coefficient (Wildman–Crippen LogP) is 1.50. The van der Waals surface area contributed by atoms with E-state index in [1.165, 1.54) is 23.6 Å². The van der Waals surface area contributed by atoms with E-state index >= 15 is 0 Å². The van der Waals surface area contributed by atoms with Gasteiger partial charge in [-0.1, -0.05) is 0 Å². The first-order chi connectivity index (χ1) is 6.90. The van der Waals surface area contributed by atoms with E-state index in [4.69, 9.17) is 0 Å². The van der Waals surface area contributed by atoms with E-state index < -0.39 is 0 Å². The van der Waals surface area contributed by atoms with Crippen molar-refractivity contribution in [3.05, 3.63) is 18.2 Å². The average Bonchev–Trinajstić information content (AvgIpc) is 2.85. The third-order valence-corrected chi connectivity index (χ3v) is 3.80. The summed E-state index contributed by atoms with van der Waals surface area (Å²) in [5.41, 5.74) is 1.30. The van der Waals surface area contributed by atoms with E-state index in [2.05, 4.69) is 21.8 Å². The Morgan fingerprint density at radius 3 is 3.36 bits per heavy atom. The fraction of sp³-hybridized carbons (Fsp3) is 0.700. The van der Waals surface area contributed by atoms with Gasteiger partial charge in [-0.2, -0.15) is 11.8 Å². The van der Waals surface area contributed by atoms with Gasteiger partial charge in [-0.25, -0.2) is 4.98 Å². The number of nitrogens with zero attached hydrogens (tertiary/aromatic N) is 2. The smallest absolute Gasteiger partial charge is 0.0948 e. The summed E-state index contributed by atoms with van der Waals surface area (Å²) >= 11 is 2.04. The fourth-order valence-electron chi connectivity index (χ4n) is 1.72. The third kappa shape index (κ3) is 2.30. The van der Waals surface area contributed by atoms with Crippen molar-refractivity contribution < 1.29 is 0 Å². The molecule has 2 rings (SSSR count).